The van der Waals surface area contributed by atoms with Crippen LogP contribution in [0.25, 0.3) is 0 Å². The van der Waals surface area contributed by atoms with Crippen LogP contribution in [0.3, 0.4) is 0 Å². The Labute approximate surface area is 98.8 Å². The van der Waals surface area contributed by atoms with Crippen LogP contribution in [0.2, 0.25) is 0 Å². The molecule has 3 rings (SSSR count). The minimum absolute atomic E-state index is 0.794. The van der Waals surface area contributed by atoms with Crippen molar-refractivity contribution in [2.24, 2.45) is 0 Å². The van der Waals surface area contributed by atoms with Crippen molar-refractivity contribution in [3.63, 3.8) is 0 Å². The number of anilines is 1. The third-order valence-electron chi connectivity index (χ3n) is 3.19. The summed E-state index contributed by atoms with van der Waals surface area (Å²) in [6.07, 6.45) is 2.72. The Kier molecular flexibility index (Phi) is 2.45. The van der Waals surface area contributed by atoms with E-state index < -0.39 is 0 Å². The lowest BCUT2D eigenvalue weighted by Crippen LogP contribution is -2.30. The molecule has 0 radical (unpaired) electrons. The number of hydrogen-bond donors (Lipinski definition) is 1. The van der Waals surface area contributed by atoms with Gasteiger partial charge >= 0.3 is 0 Å². The van der Waals surface area contributed by atoms with Crippen molar-refractivity contribution in [1.29, 1.82) is 0 Å². The maximum absolute atomic E-state index is 3.68. The van der Waals surface area contributed by atoms with Crippen LogP contribution in [0.4, 0.5) is 5.69 Å². The van der Waals surface area contributed by atoms with E-state index in [9.17, 15) is 0 Å². The van der Waals surface area contributed by atoms with Gasteiger partial charge in [0.25, 0.3) is 0 Å². The summed E-state index contributed by atoms with van der Waals surface area (Å²) >= 11 is 3.68. The molecule has 1 aliphatic heterocycles. The Balaban J connectivity index is 2.05. The van der Waals surface area contributed by atoms with Crippen LogP contribution in [0.5, 0.6) is 0 Å². The molecule has 1 aromatic rings. The molecule has 1 aliphatic carbocycles. The van der Waals surface area contributed by atoms with Crippen LogP contribution >= 0.6 is 15.9 Å². The van der Waals surface area contributed by atoms with E-state index in [4.69, 9.17) is 0 Å². The zero-order valence-corrected chi connectivity index (χ0v) is 10.3. The molecule has 0 unspecified atom stereocenters. The Hall–Kier alpha value is -0.540. The second kappa shape index (κ2) is 3.80. The molecule has 2 aliphatic rings. The lowest BCUT2D eigenvalue weighted by molar-refractivity contribution is 0.687. The normalized spacial score (nSPS) is 21.0. The van der Waals surface area contributed by atoms with E-state index in [2.05, 4.69) is 44.3 Å². The monoisotopic (exact) mass is 266 g/mol. The van der Waals surface area contributed by atoms with E-state index in [0.717, 1.165) is 25.7 Å². The predicted molar refractivity (Wildman–Crippen MR) is 66.2 cm³/mol. The van der Waals surface area contributed by atoms with E-state index in [-0.39, 0.29) is 0 Å². The van der Waals surface area contributed by atoms with Gasteiger partial charge in [-0.25, -0.2) is 0 Å². The van der Waals surface area contributed by atoms with E-state index >= 15 is 0 Å². The van der Waals surface area contributed by atoms with E-state index in [0.29, 0.717) is 0 Å². The molecule has 0 amide bonds. The van der Waals surface area contributed by atoms with E-state index in [1.165, 1.54) is 28.6 Å². The molecule has 1 aromatic carbocycles. The molecule has 1 N–H and O–H groups in total. The highest BCUT2D eigenvalue weighted by Crippen LogP contribution is 2.38. The summed E-state index contributed by atoms with van der Waals surface area (Å²) in [5.41, 5.74) is 2.85. The molecule has 2 nitrogen and oxygen atoms in total. The van der Waals surface area contributed by atoms with Crippen LogP contribution < -0.4 is 10.2 Å². The number of benzene rings is 1. The second-order valence-corrected chi connectivity index (χ2v) is 5.20. The summed E-state index contributed by atoms with van der Waals surface area (Å²) in [4.78, 5) is 2.57. The lowest BCUT2D eigenvalue weighted by Gasteiger charge is -2.25. The van der Waals surface area contributed by atoms with Crippen molar-refractivity contribution in [2.45, 2.75) is 25.4 Å². The van der Waals surface area contributed by atoms with Crippen molar-refractivity contribution < 1.29 is 0 Å². The summed E-state index contributed by atoms with van der Waals surface area (Å²) < 4.78 is 1.25. The topological polar surface area (TPSA) is 15.3 Å². The summed E-state index contributed by atoms with van der Waals surface area (Å²) in [7, 11) is 0. The average molecular weight is 267 g/mol. The van der Waals surface area contributed by atoms with Crippen LogP contribution in [-0.4, -0.2) is 19.1 Å². The molecule has 3 heteroatoms. The zero-order valence-electron chi connectivity index (χ0n) is 8.67. The number of fused-ring (bicyclic) bond motifs is 1. The first-order valence-corrected chi connectivity index (χ1v) is 6.40. The maximum Gasteiger partial charge on any atom is 0.0559 e. The van der Waals surface area contributed by atoms with Gasteiger partial charge in [0.1, 0.15) is 0 Å². The number of rotatable bonds is 1. The Bertz CT molecular complexity index is 374. The molecular weight excluding hydrogens is 252 g/mol. The molecule has 15 heavy (non-hydrogen) atoms. The predicted octanol–water partition coefficient (Wildman–Crippen LogP) is 2.52. The number of hydrogen-bond acceptors (Lipinski definition) is 2. The minimum atomic E-state index is 0.794. The van der Waals surface area contributed by atoms with Crippen molar-refractivity contribution in [1.82, 2.24) is 5.32 Å². The first-order valence-electron chi connectivity index (χ1n) is 5.61. The molecule has 1 fully saturated rings. The standard InChI is InChI=1S/C12H15BrN2/c13-11-3-1-2-9-8-14-6-7-15(12(9)11)10-4-5-10/h1-3,10,14H,4-8H2. The van der Waals surface area contributed by atoms with Crippen LogP contribution in [0.1, 0.15) is 18.4 Å². The summed E-state index contributed by atoms with van der Waals surface area (Å²) in [5, 5.41) is 3.48. The molecule has 0 atom stereocenters. The smallest absolute Gasteiger partial charge is 0.0559 e. The van der Waals surface area contributed by atoms with Gasteiger partial charge in [0.05, 0.1) is 5.69 Å². The second-order valence-electron chi connectivity index (χ2n) is 4.35. The van der Waals surface area contributed by atoms with Crippen molar-refractivity contribution >= 4 is 21.6 Å². The molecule has 1 saturated carbocycles. The highest BCUT2D eigenvalue weighted by atomic mass is 79.9. The Morgan fingerprint density at radius 3 is 3.00 bits per heavy atom. The van der Waals surface area contributed by atoms with Gasteiger partial charge in [0.2, 0.25) is 0 Å². The van der Waals surface area contributed by atoms with Crippen molar-refractivity contribution in [3.05, 3.63) is 28.2 Å². The number of nitrogens with one attached hydrogen (secondary N) is 1. The molecule has 1 heterocycles. The van der Waals surface area contributed by atoms with Crippen LogP contribution in [0, 0.1) is 0 Å². The summed E-state index contributed by atoms with van der Waals surface area (Å²) in [5.74, 6) is 0. The van der Waals surface area contributed by atoms with Crippen LogP contribution in [-0.2, 0) is 6.54 Å². The zero-order chi connectivity index (χ0) is 10.3. The van der Waals surface area contributed by atoms with Crippen molar-refractivity contribution in [2.75, 3.05) is 18.0 Å². The quantitative estimate of drug-likeness (QED) is 0.841. The highest BCUT2D eigenvalue weighted by molar-refractivity contribution is 9.10. The molecule has 80 valence electrons. The number of halogens is 1. The van der Waals surface area contributed by atoms with Gasteiger partial charge in [0, 0.05) is 30.1 Å². The maximum atomic E-state index is 3.68. The number of nitrogens with zero attached hydrogens (tertiary/aromatic N) is 1. The fourth-order valence-electron chi connectivity index (χ4n) is 2.31. The Morgan fingerprint density at radius 1 is 1.33 bits per heavy atom. The minimum Gasteiger partial charge on any atom is -0.366 e. The molecule has 0 spiro atoms. The van der Waals surface area contributed by atoms with E-state index in [1.54, 1.807) is 0 Å². The number of para-hydroxylation sites is 1. The third-order valence-corrected chi connectivity index (χ3v) is 3.83. The molecular formula is C12H15BrN2. The SMILES string of the molecule is Brc1cccc2c1N(C1CC1)CCNC2. The third kappa shape index (κ3) is 1.79. The molecule has 0 saturated heterocycles. The molecule has 0 aromatic heterocycles. The van der Waals surface area contributed by atoms with Gasteiger partial charge in [-0.3, -0.25) is 0 Å². The van der Waals surface area contributed by atoms with Crippen molar-refractivity contribution in [3.8, 4) is 0 Å². The summed E-state index contributed by atoms with van der Waals surface area (Å²) in [6, 6.07) is 7.30. The first kappa shape index (κ1) is 9.67. The fraction of sp³-hybridized carbons (Fsp3) is 0.500. The van der Waals surface area contributed by atoms with Gasteiger partial charge in [-0.15, -0.1) is 0 Å². The fourth-order valence-corrected chi connectivity index (χ4v) is 2.95. The van der Waals surface area contributed by atoms with Gasteiger partial charge in [-0.1, -0.05) is 12.1 Å². The Morgan fingerprint density at radius 2 is 2.20 bits per heavy atom. The average Bonchev–Trinajstić information content (AvgIpc) is 3.03. The van der Waals surface area contributed by atoms with E-state index in [1.807, 2.05) is 0 Å². The van der Waals surface area contributed by atoms with Crippen LogP contribution in [0.15, 0.2) is 22.7 Å². The molecule has 0 bridgehead atoms. The van der Waals surface area contributed by atoms with Gasteiger partial charge < -0.3 is 10.2 Å². The highest BCUT2D eigenvalue weighted by Gasteiger charge is 2.31. The van der Waals surface area contributed by atoms with Gasteiger partial charge in [-0.2, -0.15) is 0 Å². The van der Waals surface area contributed by atoms with Gasteiger partial charge in [0.15, 0.2) is 0 Å². The summed E-state index contributed by atoms with van der Waals surface area (Å²) in [6.45, 7) is 3.23. The largest absolute Gasteiger partial charge is 0.366 e. The lowest BCUT2D eigenvalue weighted by atomic mass is 10.1. The first-order chi connectivity index (χ1) is 7.36. The van der Waals surface area contributed by atoms with Gasteiger partial charge in [-0.05, 0) is 40.4 Å².